The van der Waals surface area contributed by atoms with Crippen molar-refractivity contribution in [3.63, 3.8) is 0 Å². The van der Waals surface area contributed by atoms with Gasteiger partial charge in [0.15, 0.2) is 0 Å². The first kappa shape index (κ1) is 15.6. The molecule has 7 nitrogen and oxygen atoms in total. The number of hydrazone groups is 1. The van der Waals surface area contributed by atoms with Gasteiger partial charge in [0.1, 0.15) is 5.02 Å². The summed E-state index contributed by atoms with van der Waals surface area (Å²) in [6.45, 7) is 1.62. The SMILES string of the molecule is C/C(=N\NC(=O)c1ccncc1)c1ccc(Cl)c([N+](=O)[O-])c1. The number of hydrogen-bond donors (Lipinski definition) is 1. The van der Waals surface area contributed by atoms with Crippen molar-refractivity contribution >= 4 is 28.9 Å². The van der Waals surface area contributed by atoms with Crippen LogP contribution in [0, 0.1) is 10.1 Å². The lowest BCUT2D eigenvalue weighted by molar-refractivity contribution is -0.384. The summed E-state index contributed by atoms with van der Waals surface area (Å²) in [4.78, 5) is 25.9. The van der Waals surface area contributed by atoms with Gasteiger partial charge < -0.3 is 0 Å². The highest BCUT2D eigenvalue weighted by atomic mass is 35.5. The Kier molecular flexibility index (Phi) is 4.80. The van der Waals surface area contributed by atoms with Gasteiger partial charge >= 0.3 is 0 Å². The quantitative estimate of drug-likeness (QED) is 0.532. The minimum Gasteiger partial charge on any atom is -0.267 e. The molecule has 1 amide bonds. The van der Waals surface area contributed by atoms with E-state index in [-0.39, 0.29) is 10.7 Å². The molecule has 0 aliphatic carbocycles. The summed E-state index contributed by atoms with van der Waals surface area (Å²) in [6, 6.07) is 7.41. The Hall–Kier alpha value is -2.80. The first-order valence-electron chi connectivity index (χ1n) is 6.18. The smallest absolute Gasteiger partial charge is 0.267 e. The predicted octanol–water partition coefficient (Wildman–Crippen LogP) is 2.80. The first-order valence-corrected chi connectivity index (χ1v) is 6.56. The number of pyridine rings is 1. The average molecular weight is 319 g/mol. The molecule has 22 heavy (non-hydrogen) atoms. The molecule has 0 fully saturated rings. The molecule has 1 aromatic heterocycles. The third kappa shape index (κ3) is 3.64. The summed E-state index contributed by atoms with van der Waals surface area (Å²) in [5, 5.41) is 14.8. The average Bonchev–Trinajstić information content (AvgIpc) is 2.53. The van der Waals surface area contributed by atoms with Gasteiger partial charge in [-0.25, -0.2) is 5.43 Å². The Bertz CT molecular complexity index is 747. The number of rotatable bonds is 4. The topological polar surface area (TPSA) is 97.5 Å². The minimum atomic E-state index is -0.575. The van der Waals surface area contributed by atoms with E-state index in [2.05, 4.69) is 15.5 Å². The standard InChI is InChI=1S/C14H11ClN4O3/c1-9(11-2-3-12(15)13(8-11)19(21)22)17-18-14(20)10-4-6-16-7-5-10/h2-8H,1H3,(H,18,20)/b17-9+. The van der Waals surface area contributed by atoms with E-state index in [1.807, 2.05) is 0 Å². The second kappa shape index (κ2) is 6.77. The highest BCUT2D eigenvalue weighted by Crippen LogP contribution is 2.25. The molecule has 2 rings (SSSR count). The molecule has 0 saturated heterocycles. The van der Waals surface area contributed by atoms with Gasteiger partial charge in [-0.3, -0.25) is 19.9 Å². The molecule has 8 heteroatoms. The fourth-order valence-electron chi connectivity index (χ4n) is 1.64. The van der Waals surface area contributed by atoms with Crippen LogP contribution < -0.4 is 5.43 Å². The van der Waals surface area contributed by atoms with Gasteiger partial charge in [0.05, 0.1) is 10.6 Å². The maximum atomic E-state index is 11.8. The van der Waals surface area contributed by atoms with Gasteiger partial charge in [0, 0.05) is 29.6 Å². The highest BCUT2D eigenvalue weighted by molar-refractivity contribution is 6.32. The summed E-state index contributed by atoms with van der Waals surface area (Å²) in [6.07, 6.45) is 2.99. The number of nitro benzene ring substituents is 1. The first-order chi connectivity index (χ1) is 10.5. The Labute approximate surface area is 130 Å². The summed E-state index contributed by atoms with van der Waals surface area (Å²) in [5.74, 6) is -0.398. The van der Waals surface area contributed by atoms with E-state index in [1.54, 1.807) is 25.1 Å². The van der Waals surface area contributed by atoms with Crippen LogP contribution in [0.1, 0.15) is 22.8 Å². The number of aromatic nitrogens is 1. The fourth-order valence-corrected chi connectivity index (χ4v) is 1.83. The number of hydrogen-bond acceptors (Lipinski definition) is 5. The molecule has 2 aromatic rings. The van der Waals surface area contributed by atoms with Crippen LogP contribution in [0.5, 0.6) is 0 Å². The maximum Gasteiger partial charge on any atom is 0.288 e. The van der Waals surface area contributed by atoms with Crippen LogP contribution in [-0.2, 0) is 0 Å². The highest BCUT2D eigenvalue weighted by Gasteiger charge is 2.14. The lowest BCUT2D eigenvalue weighted by atomic mass is 10.1. The molecule has 0 aliphatic heterocycles. The second-order valence-electron chi connectivity index (χ2n) is 4.30. The Balaban J connectivity index is 2.18. The summed E-state index contributed by atoms with van der Waals surface area (Å²) >= 11 is 5.75. The van der Waals surface area contributed by atoms with Crippen molar-refractivity contribution in [1.82, 2.24) is 10.4 Å². The number of halogens is 1. The number of amides is 1. The van der Waals surface area contributed by atoms with Crippen molar-refractivity contribution in [2.75, 3.05) is 0 Å². The van der Waals surface area contributed by atoms with Crippen molar-refractivity contribution in [2.45, 2.75) is 6.92 Å². The zero-order chi connectivity index (χ0) is 16.1. The fraction of sp³-hybridized carbons (Fsp3) is 0.0714. The van der Waals surface area contributed by atoms with Crippen LogP contribution in [0.3, 0.4) is 0 Å². The summed E-state index contributed by atoms with van der Waals surface area (Å²) in [7, 11) is 0. The van der Waals surface area contributed by atoms with E-state index in [4.69, 9.17) is 11.6 Å². The van der Waals surface area contributed by atoms with Crippen LogP contribution in [0.25, 0.3) is 0 Å². The van der Waals surface area contributed by atoms with Gasteiger partial charge in [-0.05, 0) is 25.1 Å². The number of nitrogens with one attached hydrogen (secondary N) is 1. The molecule has 0 aliphatic rings. The zero-order valence-electron chi connectivity index (χ0n) is 11.5. The van der Waals surface area contributed by atoms with E-state index in [1.165, 1.54) is 24.5 Å². The molecule has 0 atom stereocenters. The monoisotopic (exact) mass is 318 g/mol. The molecule has 0 saturated carbocycles. The Morgan fingerprint density at radius 2 is 1.95 bits per heavy atom. The number of carbonyl (C=O) groups is 1. The molecule has 1 aromatic carbocycles. The van der Waals surface area contributed by atoms with Crippen molar-refractivity contribution in [1.29, 1.82) is 0 Å². The molecule has 0 bridgehead atoms. The normalized spacial score (nSPS) is 11.1. The molecule has 0 radical (unpaired) electrons. The molecule has 1 N–H and O–H groups in total. The largest absolute Gasteiger partial charge is 0.288 e. The summed E-state index contributed by atoms with van der Waals surface area (Å²) in [5.41, 5.74) is 3.49. The number of benzene rings is 1. The van der Waals surface area contributed by atoms with Crippen LogP contribution in [0.2, 0.25) is 5.02 Å². The molecule has 0 spiro atoms. The number of nitrogens with zero attached hydrogens (tertiary/aromatic N) is 3. The molecule has 0 unspecified atom stereocenters. The van der Waals surface area contributed by atoms with Gasteiger partial charge in [-0.1, -0.05) is 17.7 Å². The zero-order valence-corrected chi connectivity index (χ0v) is 12.2. The lowest BCUT2D eigenvalue weighted by Gasteiger charge is -2.04. The van der Waals surface area contributed by atoms with Crippen molar-refractivity contribution in [3.8, 4) is 0 Å². The van der Waals surface area contributed by atoms with E-state index in [0.29, 0.717) is 16.8 Å². The van der Waals surface area contributed by atoms with Crippen LogP contribution >= 0.6 is 11.6 Å². The minimum absolute atomic E-state index is 0.0439. The Morgan fingerprint density at radius 1 is 1.27 bits per heavy atom. The van der Waals surface area contributed by atoms with Crippen molar-refractivity contribution in [3.05, 3.63) is 69.0 Å². The molecular formula is C14H11ClN4O3. The molecular weight excluding hydrogens is 308 g/mol. The van der Waals surface area contributed by atoms with E-state index in [9.17, 15) is 14.9 Å². The number of nitro groups is 1. The third-order valence-electron chi connectivity index (χ3n) is 2.83. The van der Waals surface area contributed by atoms with Crippen LogP contribution in [0.4, 0.5) is 5.69 Å². The van der Waals surface area contributed by atoms with Gasteiger partial charge in [-0.15, -0.1) is 0 Å². The Morgan fingerprint density at radius 3 is 2.59 bits per heavy atom. The molecule has 112 valence electrons. The van der Waals surface area contributed by atoms with Gasteiger partial charge in [-0.2, -0.15) is 5.10 Å². The lowest BCUT2D eigenvalue weighted by Crippen LogP contribution is -2.19. The van der Waals surface area contributed by atoms with Gasteiger partial charge in [0.25, 0.3) is 11.6 Å². The van der Waals surface area contributed by atoms with Crippen LogP contribution in [-0.4, -0.2) is 21.5 Å². The second-order valence-corrected chi connectivity index (χ2v) is 4.70. The van der Waals surface area contributed by atoms with Crippen LogP contribution in [0.15, 0.2) is 47.8 Å². The number of carbonyl (C=O) groups excluding carboxylic acids is 1. The summed E-state index contributed by atoms with van der Waals surface area (Å²) < 4.78 is 0. The third-order valence-corrected chi connectivity index (χ3v) is 3.15. The van der Waals surface area contributed by atoms with E-state index in [0.717, 1.165) is 0 Å². The van der Waals surface area contributed by atoms with Gasteiger partial charge in [0.2, 0.25) is 0 Å². The molecule has 1 heterocycles. The van der Waals surface area contributed by atoms with E-state index < -0.39 is 10.8 Å². The maximum absolute atomic E-state index is 11.8. The van der Waals surface area contributed by atoms with E-state index >= 15 is 0 Å². The van der Waals surface area contributed by atoms with Crippen molar-refractivity contribution < 1.29 is 9.72 Å². The predicted molar refractivity (Wildman–Crippen MR) is 82.0 cm³/mol. The van der Waals surface area contributed by atoms with Crippen molar-refractivity contribution in [2.24, 2.45) is 5.10 Å².